The van der Waals surface area contributed by atoms with Crippen LogP contribution in [0.3, 0.4) is 0 Å². The number of aromatic nitrogens is 2. The fraction of sp³-hybridized carbons (Fsp3) is 0.500. The number of aliphatic hydroxyl groups is 1. The molecule has 5 rings (SSSR count). The second-order valence-electron chi connectivity index (χ2n) is 10.8. The molecule has 1 aliphatic heterocycles. The highest BCUT2D eigenvalue weighted by atomic mass is 32.2. The van der Waals surface area contributed by atoms with Crippen LogP contribution in [0, 0.1) is 6.92 Å². The summed E-state index contributed by atoms with van der Waals surface area (Å²) in [5.41, 5.74) is 0.511. The van der Waals surface area contributed by atoms with E-state index in [0.717, 1.165) is 19.3 Å². The van der Waals surface area contributed by atoms with Crippen LogP contribution >= 0.6 is 0 Å². The molecule has 0 bridgehead atoms. The van der Waals surface area contributed by atoms with Gasteiger partial charge in [-0.3, -0.25) is 14.6 Å². The number of hydrogen-bond donors (Lipinski definition) is 3. The molecule has 3 atom stereocenters. The third-order valence-electron chi connectivity index (χ3n) is 8.13. The summed E-state index contributed by atoms with van der Waals surface area (Å²) in [7, 11) is -3.94. The van der Waals surface area contributed by atoms with Crippen LogP contribution < -0.4 is 10.6 Å². The van der Waals surface area contributed by atoms with E-state index in [0.29, 0.717) is 42.3 Å². The van der Waals surface area contributed by atoms with Crippen molar-refractivity contribution in [3.63, 3.8) is 0 Å². The van der Waals surface area contributed by atoms with Crippen LogP contribution in [0.2, 0.25) is 0 Å². The first-order chi connectivity index (χ1) is 19.1. The number of amides is 2. The third-order valence-corrected chi connectivity index (χ3v) is 10.0. The van der Waals surface area contributed by atoms with Crippen molar-refractivity contribution in [3.05, 3.63) is 54.0 Å². The number of pyridine rings is 2. The van der Waals surface area contributed by atoms with Crippen molar-refractivity contribution >= 4 is 32.9 Å². The van der Waals surface area contributed by atoms with Gasteiger partial charge in [-0.25, -0.2) is 13.4 Å². The van der Waals surface area contributed by atoms with Gasteiger partial charge in [0.15, 0.2) is 16.4 Å². The third kappa shape index (κ3) is 5.35. The predicted octanol–water partition coefficient (Wildman–Crippen LogP) is 2.68. The number of nitrogens with zero attached hydrogens (tertiary/aromatic N) is 3. The number of β-amino-alcohol motifs (C(OH)–C–C–N with tert-alkyl or cyclic N) is 1. The largest absolute Gasteiger partial charge is 0.449 e. The maximum atomic E-state index is 13.8. The van der Waals surface area contributed by atoms with Crippen LogP contribution in [0.4, 0.5) is 0 Å². The minimum Gasteiger partial charge on any atom is -0.449 e. The van der Waals surface area contributed by atoms with Crippen molar-refractivity contribution in [1.29, 1.82) is 0 Å². The Morgan fingerprint density at radius 2 is 1.82 bits per heavy atom. The maximum absolute atomic E-state index is 13.8. The molecule has 3 N–H and O–H groups in total. The number of hydrogen-bond acceptors (Lipinski definition) is 8. The average molecular weight is 570 g/mol. The summed E-state index contributed by atoms with van der Waals surface area (Å²) in [4.78, 5) is 35.5. The van der Waals surface area contributed by atoms with E-state index in [9.17, 15) is 23.1 Å². The zero-order chi connectivity index (χ0) is 28.5. The Morgan fingerprint density at radius 1 is 1.07 bits per heavy atom. The predicted molar refractivity (Wildman–Crippen MR) is 147 cm³/mol. The molecule has 1 aliphatic carbocycles. The van der Waals surface area contributed by atoms with Crippen LogP contribution in [0.15, 0.2) is 52.2 Å². The Morgan fingerprint density at radius 3 is 2.52 bits per heavy atom. The van der Waals surface area contributed by atoms with E-state index in [-0.39, 0.29) is 23.2 Å². The summed E-state index contributed by atoms with van der Waals surface area (Å²) in [5, 5.41) is 16.9. The lowest BCUT2D eigenvalue weighted by atomic mass is 9.80. The highest BCUT2D eigenvalue weighted by molar-refractivity contribution is 7.89. The first-order valence-electron chi connectivity index (χ1n) is 13.7. The van der Waals surface area contributed by atoms with Crippen LogP contribution in [0.1, 0.15) is 68.0 Å². The lowest BCUT2D eigenvalue weighted by Crippen LogP contribution is -2.62. The number of rotatable bonds is 6. The Hall–Kier alpha value is -3.35. The quantitative estimate of drug-likeness (QED) is 0.409. The summed E-state index contributed by atoms with van der Waals surface area (Å²) < 4.78 is 33.6. The maximum Gasteiger partial charge on any atom is 0.288 e. The fourth-order valence-electron chi connectivity index (χ4n) is 5.78. The van der Waals surface area contributed by atoms with E-state index in [1.165, 1.54) is 16.6 Å². The summed E-state index contributed by atoms with van der Waals surface area (Å²) in [6.07, 6.45) is 6.06. The summed E-state index contributed by atoms with van der Waals surface area (Å²) in [6.45, 7) is 3.36. The molecule has 3 aromatic rings. The first-order valence-corrected chi connectivity index (χ1v) is 15.1. The zero-order valence-corrected chi connectivity index (χ0v) is 23.5. The van der Waals surface area contributed by atoms with Crippen molar-refractivity contribution in [2.45, 2.75) is 87.5 Å². The number of carbonyl (C=O) groups excluding carboxylic acids is 2. The van der Waals surface area contributed by atoms with E-state index in [2.05, 4.69) is 20.6 Å². The Bertz CT molecular complexity index is 1490. The Kier molecular flexibility index (Phi) is 7.94. The van der Waals surface area contributed by atoms with Crippen molar-refractivity contribution in [2.75, 3.05) is 6.54 Å². The minimum atomic E-state index is -3.94. The summed E-state index contributed by atoms with van der Waals surface area (Å²) in [5.74, 6) is -0.759. The fourth-order valence-corrected chi connectivity index (χ4v) is 7.39. The van der Waals surface area contributed by atoms with Crippen molar-refractivity contribution in [2.24, 2.45) is 0 Å². The molecule has 1 saturated heterocycles. The molecule has 3 aromatic heterocycles. The molecular formula is C28H35N5O6S. The summed E-state index contributed by atoms with van der Waals surface area (Å²) >= 11 is 0. The normalized spacial score (nSPS) is 23.8. The topological polar surface area (TPSA) is 155 Å². The van der Waals surface area contributed by atoms with Gasteiger partial charge in [0.05, 0.1) is 12.1 Å². The number of fused-ring (bicyclic) bond motifs is 1. The number of sulfonamides is 1. The van der Waals surface area contributed by atoms with Gasteiger partial charge in [0, 0.05) is 30.5 Å². The zero-order valence-electron chi connectivity index (χ0n) is 22.7. The number of aliphatic hydroxyl groups excluding tert-OH is 1. The average Bonchev–Trinajstić information content (AvgIpc) is 3.23. The van der Waals surface area contributed by atoms with Gasteiger partial charge in [-0.05, 0) is 63.8 Å². The molecule has 0 aromatic carbocycles. The van der Waals surface area contributed by atoms with Crippen LogP contribution in [-0.2, 0) is 14.8 Å². The van der Waals surface area contributed by atoms with E-state index in [1.807, 2.05) is 0 Å². The van der Waals surface area contributed by atoms with Gasteiger partial charge in [0.25, 0.3) is 15.9 Å². The molecule has 1 unspecified atom stereocenters. The van der Waals surface area contributed by atoms with Crippen molar-refractivity contribution in [1.82, 2.24) is 24.9 Å². The molecule has 4 heterocycles. The molecule has 0 spiro atoms. The van der Waals surface area contributed by atoms with Gasteiger partial charge in [-0.1, -0.05) is 25.3 Å². The standard InChI is InChI=1S/C28H35N5O6S/c1-18-11-12-20(21(34)17-33(18)40(37,38)23-10-4-7-15-29-23)31-27(36)28(13-5-3-6-14-28)32-26(35)25-19(2)24-22(39-25)9-8-16-30-24/h4,7-10,15-16,18,20-21,34H,3,5-6,11-14,17H2,1-2H3,(H,31,36)(H,32,35)/t18-,20+,21?/m1/s1. The Balaban J connectivity index is 1.34. The van der Waals surface area contributed by atoms with Gasteiger partial charge in [-0.15, -0.1) is 0 Å². The smallest absolute Gasteiger partial charge is 0.288 e. The van der Waals surface area contributed by atoms with Gasteiger partial charge in [0.2, 0.25) is 5.91 Å². The molecule has 214 valence electrons. The number of aryl methyl sites for hydroxylation is 1. The lowest BCUT2D eigenvalue weighted by molar-refractivity contribution is -0.130. The van der Waals surface area contributed by atoms with Gasteiger partial charge < -0.3 is 20.2 Å². The monoisotopic (exact) mass is 569 g/mol. The van der Waals surface area contributed by atoms with Crippen LogP contribution in [0.5, 0.6) is 0 Å². The van der Waals surface area contributed by atoms with Gasteiger partial charge in [-0.2, -0.15) is 4.31 Å². The highest BCUT2D eigenvalue weighted by Gasteiger charge is 2.44. The number of nitrogens with one attached hydrogen (secondary N) is 2. The van der Waals surface area contributed by atoms with Crippen LogP contribution in [0.25, 0.3) is 11.1 Å². The van der Waals surface area contributed by atoms with Crippen LogP contribution in [-0.4, -0.2) is 69.9 Å². The number of furan rings is 1. The molecule has 0 radical (unpaired) electrons. The van der Waals surface area contributed by atoms with E-state index in [4.69, 9.17) is 4.42 Å². The molecule has 2 amide bonds. The lowest BCUT2D eigenvalue weighted by Gasteiger charge is -2.38. The van der Waals surface area contributed by atoms with Crippen molar-refractivity contribution in [3.8, 4) is 0 Å². The molecule has 1 saturated carbocycles. The van der Waals surface area contributed by atoms with E-state index in [1.54, 1.807) is 44.3 Å². The molecule has 40 heavy (non-hydrogen) atoms. The van der Waals surface area contributed by atoms with Gasteiger partial charge >= 0.3 is 0 Å². The molecule has 2 aliphatic rings. The Labute approximate surface area is 233 Å². The molecule has 2 fully saturated rings. The minimum absolute atomic E-state index is 0.0866. The second kappa shape index (κ2) is 11.3. The van der Waals surface area contributed by atoms with E-state index >= 15 is 0 Å². The van der Waals surface area contributed by atoms with Gasteiger partial charge in [0.1, 0.15) is 11.1 Å². The highest BCUT2D eigenvalue weighted by Crippen LogP contribution is 2.31. The molecule has 11 nitrogen and oxygen atoms in total. The number of carbonyl (C=O) groups is 2. The molecule has 12 heteroatoms. The SMILES string of the molecule is Cc1c(C(=O)NC2(C(=O)N[C@H]3CC[C@@H](C)N(S(=O)(=O)c4ccccn4)CC3O)CCCCC2)oc2cccnc12. The van der Waals surface area contributed by atoms with E-state index < -0.39 is 39.7 Å². The first kappa shape index (κ1) is 28.2. The summed E-state index contributed by atoms with van der Waals surface area (Å²) in [6, 6.07) is 7.03. The second-order valence-corrected chi connectivity index (χ2v) is 12.7. The van der Waals surface area contributed by atoms with Crippen molar-refractivity contribution < 1.29 is 27.5 Å². The molecular weight excluding hydrogens is 534 g/mol.